The van der Waals surface area contributed by atoms with Crippen molar-refractivity contribution in [2.45, 2.75) is 45.3 Å². The number of aromatic nitrogens is 3. The number of carbonyl (C=O) groups is 1. The van der Waals surface area contributed by atoms with Crippen LogP contribution in [0, 0.1) is 3.57 Å². The van der Waals surface area contributed by atoms with Gasteiger partial charge in [0, 0.05) is 21.9 Å². The topological polar surface area (TPSA) is 71.2 Å². The molecule has 1 amide bonds. The predicted molar refractivity (Wildman–Crippen MR) is 103 cm³/mol. The molecule has 0 spiro atoms. The van der Waals surface area contributed by atoms with Crippen molar-refractivity contribution in [1.29, 1.82) is 0 Å². The first-order chi connectivity index (χ1) is 11.2. The fourth-order valence-electron chi connectivity index (χ4n) is 2.85. The Morgan fingerprint density at radius 3 is 2.75 bits per heavy atom. The third kappa shape index (κ3) is 3.83. The van der Waals surface area contributed by atoms with Crippen LogP contribution in [0.5, 0.6) is 0 Å². The van der Waals surface area contributed by atoms with Crippen molar-refractivity contribution in [3.05, 3.63) is 33.9 Å². The van der Waals surface area contributed by atoms with E-state index in [-0.39, 0.29) is 6.04 Å². The Hall–Kier alpha value is -1.35. The zero-order valence-corrected chi connectivity index (χ0v) is 16.7. The maximum absolute atomic E-state index is 11.8. The van der Waals surface area contributed by atoms with E-state index in [0.717, 1.165) is 8.96 Å². The fraction of sp³-hybridized carbons (Fsp3) is 0.438. The van der Waals surface area contributed by atoms with Crippen LogP contribution >= 0.6 is 34.2 Å². The van der Waals surface area contributed by atoms with Crippen LogP contribution in [-0.2, 0) is 6.54 Å². The Morgan fingerprint density at radius 2 is 2.21 bits per heavy atom. The number of fused-ring (bicyclic) bond motifs is 1. The van der Waals surface area contributed by atoms with Crippen LogP contribution in [0.1, 0.15) is 27.2 Å². The van der Waals surface area contributed by atoms with Crippen molar-refractivity contribution < 1.29 is 9.90 Å². The molecule has 0 fully saturated rings. The number of halogens is 2. The van der Waals surface area contributed by atoms with Gasteiger partial charge in [0.2, 0.25) is 0 Å². The molecule has 0 bridgehead atoms. The Kier molecular flexibility index (Phi) is 5.74. The number of rotatable bonds is 5. The Labute approximate surface area is 159 Å². The molecule has 0 aliphatic rings. The normalized spacial score (nSPS) is 13.0. The molecule has 0 saturated carbocycles. The first-order valence-corrected chi connectivity index (χ1v) is 8.90. The van der Waals surface area contributed by atoms with Crippen LogP contribution in [0.3, 0.4) is 0 Å². The highest BCUT2D eigenvalue weighted by atomic mass is 127. The molecule has 2 aromatic rings. The highest BCUT2D eigenvalue weighted by Gasteiger charge is 2.33. The molecule has 24 heavy (non-hydrogen) atoms. The van der Waals surface area contributed by atoms with E-state index in [9.17, 15) is 9.90 Å². The Bertz CT molecular complexity index is 769. The summed E-state index contributed by atoms with van der Waals surface area (Å²) in [5.74, 6) is 0. The molecule has 0 aliphatic carbocycles. The monoisotopic (exact) mass is 462 g/mol. The summed E-state index contributed by atoms with van der Waals surface area (Å²) in [6.45, 7) is 9.88. The lowest BCUT2D eigenvalue weighted by atomic mass is 10.0. The molecular formula is C16H20ClIN4O2. The average molecular weight is 463 g/mol. The van der Waals surface area contributed by atoms with Gasteiger partial charge >= 0.3 is 6.09 Å². The molecule has 8 heteroatoms. The zero-order chi connectivity index (χ0) is 18.1. The molecule has 2 rings (SSSR count). The summed E-state index contributed by atoms with van der Waals surface area (Å²) < 4.78 is 2.86. The first kappa shape index (κ1) is 19.0. The molecule has 2 aromatic heterocycles. The summed E-state index contributed by atoms with van der Waals surface area (Å²) >= 11 is 8.35. The van der Waals surface area contributed by atoms with Gasteiger partial charge in [-0.05, 0) is 49.8 Å². The molecule has 0 unspecified atom stereocenters. The largest absolute Gasteiger partial charge is 0.465 e. The van der Waals surface area contributed by atoms with Gasteiger partial charge in [-0.1, -0.05) is 17.7 Å². The lowest BCUT2D eigenvalue weighted by Crippen LogP contribution is -2.52. The van der Waals surface area contributed by atoms with Crippen molar-refractivity contribution in [2.75, 3.05) is 0 Å². The standard InChI is InChI=1S/C16H20ClIN4O2/c1-5-6-10(22(15(23)24)16(2,3)4)7-21-8-11(18)12-13(17)19-9-20-14(12)21/h5,8-10H,1,6-7H2,2-4H3,(H,23,24)/t10-/m0/s1. The molecule has 0 aliphatic heterocycles. The zero-order valence-electron chi connectivity index (χ0n) is 13.8. The van der Waals surface area contributed by atoms with E-state index in [1.807, 2.05) is 31.5 Å². The van der Waals surface area contributed by atoms with E-state index in [2.05, 4.69) is 39.1 Å². The second-order valence-electron chi connectivity index (χ2n) is 6.49. The third-order valence-corrected chi connectivity index (χ3v) is 4.81. The highest BCUT2D eigenvalue weighted by molar-refractivity contribution is 14.1. The van der Waals surface area contributed by atoms with E-state index in [0.29, 0.717) is 23.8 Å². The van der Waals surface area contributed by atoms with Gasteiger partial charge in [0.25, 0.3) is 0 Å². The Morgan fingerprint density at radius 1 is 1.54 bits per heavy atom. The second-order valence-corrected chi connectivity index (χ2v) is 8.01. The molecule has 130 valence electrons. The molecule has 0 aromatic carbocycles. The molecular weight excluding hydrogens is 443 g/mol. The summed E-state index contributed by atoms with van der Waals surface area (Å²) in [5, 5.41) is 10.9. The molecule has 0 radical (unpaired) electrons. The minimum atomic E-state index is -0.951. The second kappa shape index (κ2) is 7.26. The smallest absolute Gasteiger partial charge is 0.408 e. The van der Waals surface area contributed by atoms with Crippen LogP contribution in [-0.4, -0.2) is 42.2 Å². The number of nitrogens with zero attached hydrogens (tertiary/aromatic N) is 4. The maximum Gasteiger partial charge on any atom is 0.408 e. The Balaban J connectivity index is 2.47. The summed E-state index contributed by atoms with van der Waals surface area (Å²) in [5.41, 5.74) is 0.176. The highest BCUT2D eigenvalue weighted by Crippen LogP contribution is 2.28. The minimum Gasteiger partial charge on any atom is -0.465 e. The van der Waals surface area contributed by atoms with Gasteiger partial charge in [-0.15, -0.1) is 6.58 Å². The first-order valence-electron chi connectivity index (χ1n) is 7.44. The van der Waals surface area contributed by atoms with Crippen molar-refractivity contribution >= 4 is 51.3 Å². The van der Waals surface area contributed by atoms with Gasteiger partial charge in [-0.25, -0.2) is 14.8 Å². The van der Waals surface area contributed by atoms with E-state index >= 15 is 0 Å². The number of hydrogen-bond donors (Lipinski definition) is 1. The van der Waals surface area contributed by atoms with Gasteiger partial charge in [0.15, 0.2) is 0 Å². The van der Waals surface area contributed by atoms with Crippen molar-refractivity contribution in [3.8, 4) is 0 Å². The molecule has 6 nitrogen and oxygen atoms in total. The van der Waals surface area contributed by atoms with Gasteiger partial charge < -0.3 is 9.67 Å². The number of amides is 1. The van der Waals surface area contributed by atoms with Crippen LogP contribution in [0.15, 0.2) is 25.2 Å². The van der Waals surface area contributed by atoms with Crippen LogP contribution in [0.2, 0.25) is 5.15 Å². The average Bonchev–Trinajstić information content (AvgIpc) is 2.75. The quantitative estimate of drug-likeness (QED) is 0.406. The van der Waals surface area contributed by atoms with Crippen LogP contribution in [0.25, 0.3) is 11.0 Å². The number of carboxylic acid groups (broad SMARTS) is 1. The lowest BCUT2D eigenvalue weighted by molar-refractivity contribution is 0.0653. The van der Waals surface area contributed by atoms with E-state index in [4.69, 9.17) is 11.6 Å². The molecule has 1 N–H and O–H groups in total. The van der Waals surface area contributed by atoms with Crippen LogP contribution in [0.4, 0.5) is 4.79 Å². The SMILES string of the molecule is C=CC[C@@H](Cn1cc(I)c2c(Cl)ncnc21)N(C(=O)O)C(C)(C)C. The molecule has 2 heterocycles. The third-order valence-electron chi connectivity index (χ3n) is 3.70. The van der Waals surface area contributed by atoms with E-state index in [1.54, 1.807) is 6.08 Å². The summed E-state index contributed by atoms with van der Waals surface area (Å²) in [4.78, 5) is 21.6. The van der Waals surface area contributed by atoms with E-state index in [1.165, 1.54) is 11.2 Å². The van der Waals surface area contributed by atoms with Crippen LogP contribution < -0.4 is 0 Å². The predicted octanol–water partition coefficient (Wildman–Crippen LogP) is 4.41. The minimum absolute atomic E-state index is 0.264. The molecule has 1 atom stereocenters. The van der Waals surface area contributed by atoms with E-state index < -0.39 is 11.6 Å². The van der Waals surface area contributed by atoms with Crippen molar-refractivity contribution in [1.82, 2.24) is 19.4 Å². The number of hydrogen-bond acceptors (Lipinski definition) is 3. The van der Waals surface area contributed by atoms with Gasteiger partial charge in [-0.3, -0.25) is 4.90 Å². The van der Waals surface area contributed by atoms with Gasteiger partial charge in [-0.2, -0.15) is 0 Å². The molecule has 0 saturated heterocycles. The fourth-order valence-corrected chi connectivity index (χ4v) is 4.07. The lowest BCUT2D eigenvalue weighted by Gasteiger charge is -2.39. The van der Waals surface area contributed by atoms with Gasteiger partial charge in [0.1, 0.15) is 17.1 Å². The summed E-state index contributed by atoms with van der Waals surface area (Å²) in [7, 11) is 0. The summed E-state index contributed by atoms with van der Waals surface area (Å²) in [6, 6.07) is -0.264. The summed E-state index contributed by atoms with van der Waals surface area (Å²) in [6.07, 6.45) is 4.67. The van der Waals surface area contributed by atoms with Crippen molar-refractivity contribution in [3.63, 3.8) is 0 Å². The van der Waals surface area contributed by atoms with Crippen molar-refractivity contribution in [2.24, 2.45) is 0 Å². The van der Waals surface area contributed by atoms with Gasteiger partial charge in [0.05, 0.1) is 11.4 Å². The maximum atomic E-state index is 11.8.